The second kappa shape index (κ2) is 7.20. The predicted octanol–water partition coefficient (Wildman–Crippen LogP) is 1.94. The molecule has 5 nitrogen and oxygen atoms in total. The zero-order valence-corrected chi connectivity index (χ0v) is 13.1. The summed E-state index contributed by atoms with van der Waals surface area (Å²) in [5.74, 6) is 1.62. The van der Waals surface area contributed by atoms with Crippen molar-refractivity contribution in [1.82, 2.24) is 20.2 Å². The van der Waals surface area contributed by atoms with Crippen LogP contribution >= 0.6 is 0 Å². The van der Waals surface area contributed by atoms with Gasteiger partial charge in [-0.1, -0.05) is 13.8 Å². The van der Waals surface area contributed by atoms with Crippen molar-refractivity contribution in [3.8, 4) is 0 Å². The van der Waals surface area contributed by atoms with E-state index in [4.69, 9.17) is 4.74 Å². The van der Waals surface area contributed by atoms with Gasteiger partial charge in [0.1, 0.15) is 11.9 Å². The molecule has 1 aromatic heterocycles. The third kappa shape index (κ3) is 4.30. The summed E-state index contributed by atoms with van der Waals surface area (Å²) in [6, 6.07) is 0.559. The summed E-state index contributed by atoms with van der Waals surface area (Å²) in [5.41, 5.74) is 1.13. The van der Waals surface area contributed by atoms with Crippen molar-refractivity contribution in [2.75, 3.05) is 26.2 Å². The van der Waals surface area contributed by atoms with Gasteiger partial charge in [0.15, 0.2) is 0 Å². The van der Waals surface area contributed by atoms with E-state index < -0.39 is 0 Å². The molecular formula is C15H28N4O. The van der Waals surface area contributed by atoms with Crippen molar-refractivity contribution in [3.63, 3.8) is 0 Å². The van der Waals surface area contributed by atoms with E-state index in [2.05, 4.69) is 47.9 Å². The van der Waals surface area contributed by atoms with Crippen LogP contribution in [-0.2, 0) is 11.3 Å². The summed E-state index contributed by atoms with van der Waals surface area (Å²) in [6.07, 6.45) is 1.99. The normalized spacial score (nSPS) is 21.0. The second-order valence-corrected chi connectivity index (χ2v) is 6.27. The number of aromatic amines is 1. The minimum atomic E-state index is 0.0741. The summed E-state index contributed by atoms with van der Waals surface area (Å²) in [7, 11) is 0. The summed E-state index contributed by atoms with van der Waals surface area (Å²) >= 11 is 0. The molecule has 114 valence electrons. The topological polar surface area (TPSA) is 53.2 Å². The van der Waals surface area contributed by atoms with E-state index in [-0.39, 0.29) is 6.10 Å². The van der Waals surface area contributed by atoms with Crippen LogP contribution in [0.15, 0.2) is 6.20 Å². The third-order valence-electron chi connectivity index (χ3n) is 3.65. The number of aromatic nitrogens is 2. The van der Waals surface area contributed by atoms with E-state index in [1.54, 1.807) is 0 Å². The van der Waals surface area contributed by atoms with Crippen LogP contribution in [0.2, 0.25) is 0 Å². The Bertz CT molecular complexity index is 402. The monoisotopic (exact) mass is 280 g/mol. The first-order valence-electron chi connectivity index (χ1n) is 7.66. The van der Waals surface area contributed by atoms with Crippen LogP contribution in [0, 0.1) is 5.92 Å². The van der Waals surface area contributed by atoms with Crippen LogP contribution in [0.5, 0.6) is 0 Å². The van der Waals surface area contributed by atoms with E-state index in [0.717, 1.165) is 44.3 Å². The molecule has 2 N–H and O–H groups in total. The van der Waals surface area contributed by atoms with E-state index in [1.807, 2.05) is 6.20 Å². The number of rotatable bonds is 6. The summed E-state index contributed by atoms with van der Waals surface area (Å²) < 4.78 is 5.84. The van der Waals surface area contributed by atoms with Crippen LogP contribution in [0.1, 0.15) is 45.3 Å². The number of H-pyrrole nitrogens is 1. The molecule has 2 rings (SSSR count). The van der Waals surface area contributed by atoms with Crippen molar-refractivity contribution in [2.45, 2.75) is 46.4 Å². The van der Waals surface area contributed by atoms with Gasteiger partial charge in [0.05, 0.1) is 6.61 Å². The molecule has 0 spiro atoms. The minimum Gasteiger partial charge on any atom is -0.368 e. The second-order valence-electron chi connectivity index (χ2n) is 6.27. The van der Waals surface area contributed by atoms with E-state index in [0.29, 0.717) is 12.0 Å². The molecule has 1 aliphatic rings. The van der Waals surface area contributed by atoms with Crippen molar-refractivity contribution in [1.29, 1.82) is 0 Å². The zero-order valence-electron chi connectivity index (χ0n) is 13.1. The van der Waals surface area contributed by atoms with Crippen molar-refractivity contribution in [3.05, 3.63) is 17.7 Å². The fraction of sp³-hybridized carbons (Fsp3) is 0.800. The maximum atomic E-state index is 5.84. The van der Waals surface area contributed by atoms with Crippen LogP contribution in [-0.4, -0.2) is 47.2 Å². The van der Waals surface area contributed by atoms with Gasteiger partial charge in [-0.25, -0.2) is 4.98 Å². The Hall–Kier alpha value is -0.910. The van der Waals surface area contributed by atoms with Gasteiger partial charge in [-0.05, 0) is 26.3 Å². The van der Waals surface area contributed by atoms with Crippen LogP contribution in [0.25, 0.3) is 0 Å². The largest absolute Gasteiger partial charge is 0.368 e. The maximum absolute atomic E-state index is 5.84. The molecule has 0 saturated carbocycles. The Labute approximate surface area is 122 Å². The molecule has 20 heavy (non-hydrogen) atoms. The van der Waals surface area contributed by atoms with Gasteiger partial charge in [-0.2, -0.15) is 0 Å². The Balaban J connectivity index is 1.88. The van der Waals surface area contributed by atoms with Crippen LogP contribution in [0.3, 0.4) is 0 Å². The average molecular weight is 280 g/mol. The van der Waals surface area contributed by atoms with Crippen LogP contribution in [0.4, 0.5) is 0 Å². The summed E-state index contributed by atoms with van der Waals surface area (Å²) in [6.45, 7) is 13.5. The highest BCUT2D eigenvalue weighted by Crippen LogP contribution is 2.21. The molecule has 0 aromatic carbocycles. The Morgan fingerprint density at radius 2 is 2.25 bits per heavy atom. The highest BCUT2D eigenvalue weighted by molar-refractivity contribution is 5.04. The third-order valence-corrected chi connectivity index (χ3v) is 3.65. The minimum absolute atomic E-state index is 0.0741. The molecule has 1 fully saturated rings. The molecule has 1 atom stereocenters. The summed E-state index contributed by atoms with van der Waals surface area (Å²) in [4.78, 5) is 10.3. The van der Waals surface area contributed by atoms with Gasteiger partial charge in [0.25, 0.3) is 0 Å². The summed E-state index contributed by atoms with van der Waals surface area (Å²) in [5, 5.41) is 3.42. The zero-order chi connectivity index (χ0) is 14.5. The molecule has 1 saturated heterocycles. The lowest BCUT2D eigenvalue weighted by molar-refractivity contribution is -0.0439. The Kier molecular flexibility index (Phi) is 5.57. The van der Waals surface area contributed by atoms with Gasteiger partial charge in [-0.15, -0.1) is 0 Å². The van der Waals surface area contributed by atoms with Crippen molar-refractivity contribution < 1.29 is 4.74 Å². The van der Waals surface area contributed by atoms with Gasteiger partial charge < -0.3 is 15.0 Å². The molecule has 1 unspecified atom stereocenters. The van der Waals surface area contributed by atoms with Gasteiger partial charge in [0.2, 0.25) is 0 Å². The van der Waals surface area contributed by atoms with Crippen LogP contribution < -0.4 is 5.32 Å². The molecule has 0 bridgehead atoms. The molecule has 0 aliphatic carbocycles. The first kappa shape index (κ1) is 15.5. The molecule has 0 amide bonds. The molecule has 2 heterocycles. The maximum Gasteiger partial charge on any atom is 0.136 e. The highest BCUT2D eigenvalue weighted by atomic mass is 16.5. The number of imidazole rings is 1. The Morgan fingerprint density at radius 3 is 2.95 bits per heavy atom. The first-order valence-corrected chi connectivity index (χ1v) is 7.66. The van der Waals surface area contributed by atoms with Gasteiger partial charge >= 0.3 is 0 Å². The average Bonchev–Trinajstić information content (AvgIpc) is 2.87. The van der Waals surface area contributed by atoms with Gasteiger partial charge in [0, 0.05) is 37.6 Å². The Morgan fingerprint density at radius 1 is 1.45 bits per heavy atom. The fourth-order valence-corrected chi connectivity index (χ4v) is 2.43. The fourth-order valence-electron chi connectivity index (χ4n) is 2.43. The molecule has 1 aliphatic heterocycles. The van der Waals surface area contributed by atoms with Crippen molar-refractivity contribution >= 4 is 0 Å². The van der Waals surface area contributed by atoms with Gasteiger partial charge in [-0.3, -0.25) is 4.90 Å². The SMILES string of the molecule is CC(C)CNCc1cnc(C2CN(C(C)C)CCO2)[nH]1. The standard InChI is InChI=1S/C15H28N4O/c1-11(2)7-16-8-13-9-17-15(18-13)14-10-19(12(3)4)5-6-20-14/h9,11-12,14,16H,5-8,10H2,1-4H3,(H,17,18). The van der Waals surface area contributed by atoms with Crippen molar-refractivity contribution in [2.24, 2.45) is 5.92 Å². The number of nitrogens with one attached hydrogen (secondary N) is 2. The quantitative estimate of drug-likeness (QED) is 0.836. The lowest BCUT2D eigenvalue weighted by Gasteiger charge is -2.34. The molecule has 5 heteroatoms. The lowest BCUT2D eigenvalue weighted by atomic mass is 10.2. The lowest BCUT2D eigenvalue weighted by Crippen LogP contribution is -2.42. The highest BCUT2D eigenvalue weighted by Gasteiger charge is 2.25. The molecular weight excluding hydrogens is 252 g/mol. The van der Waals surface area contributed by atoms with E-state index in [1.165, 1.54) is 0 Å². The number of morpholine rings is 1. The molecule has 1 aromatic rings. The number of nitrogens with zero attached hydrogens (tertiary/aromatic N) is 2. The first-order chi connectivity index (χ1) is 9.56. The number of hydrogen-bond acceptors (Lipinski definition) is 4. The number of hydrogen-bond donors (Lipinski definition) is 2. The molecule has 0 radical (unpaired) electrons. The predicted molar refractivity (Wildman–Crippen MR) is 80.5 cm³/mol. The van der Waals surface area contributed by atoms with E-state index >= 15 is 0 Å². The number of ether oxygens (including phenoxy) is 1. The van der Waals surface area contributed by atoms with E-state index in [9.17, 15) is 0 Å². The smallest absolute Gasteiger partial charge is 0.136 e.